The Kier molecular flexibility index (Phi) is 3.83. The minimum absolute atomic E-state index is 0.0690. The molecule has 2 N–H and O–H groups in total. The van der Waals surface area contributed by atoms with Crippen LogP contribution in [-0.4, -0.2) is 36.1 Å². The molecule has 94 valence electrons. The van der Waals surface area contributed by atoms with Crippen molar-refractivity contribution in [3.8, 4) is 11.5 Å². The molecule has 1 aliphatic heterocycles. The number of aromatic hydroxyl groups is 1. The van der Waals surface area contributed by atoms with E-state index in [1.165, 1.54) is 6.07 Å². The third-order valence-corrected chi connectivity index (χ3v) is 2.47. The van der Waals surface area contributed by atoms with Crippen molar-refractivity contribution in [2.45, 2.75) is 19.3 Å². The Morgan fingerprint density at radius 2 is 2.12 bits per heavy atom. The van der Waals surface area contributed by atoms with Crippen molar-refractivity contribution in [2.24, 2.45) is 0 Å². The van der Waals surface area contributed by atoms with Gasteiger partial charge in [-0.05, 0) is 19.1 Å². The highest BCUT2D eigenvalue weighted by atomic mass is 16.7. The number of aliphatic hydroxyl groups is 1. The second-order valence-electron chi connectivity index (χ2n) is 3.91. The fourth-order valence-electron chi connectivity index (χ4n) is 1.60. The van der Waals surface area contributed by atoms with Crippen LogP contribution in [0.25, 0.3) is 0 Å². The molecule has 0 aliphatic carbocycles. The lowest BCUT2D eigenvalue weighted by Crippen LogP contribution is -2.16. The Balaban J connectivity index is 2.10. The van der Waals surface area contributed by atoms with E-state index in [0.29, 0.717) is 24.5 Å². The standard InChI is InChI=1S/C12H16O5/c1-8(7-13)17-9-2-3-10(11(14)6-9)12-15-4-5-16-12/h2-3,6,8,12-14H,4-5,7H2,1H3. The molecule has 1 saturated heterocycles. The highest BCUT2D eigenvalue weighted by Gasteiger charge is 2.21. The van der Waals surface area contributed by atoms with Crippen LogP contribution in [0.5, 0.6) is 11.5 Å². The summed E-state index contributed by atoms with van der Waals surface area (Å²) in [4.78, 5) is 0. The molecule has 17 heavy (non-hydrogen) atoms. The van der Waals surface area contributed by atoms with Crippen LogP contribution in [-0.2, 0) is 9.47 Å². The van der Waals surface area contributed by atoms with Gasteiger partial charge in [-0.2, -0.15) is 0 Å². The summed E-state index contributed by atoms with van der Waals surface area (Å²) < 4.78 is 16.0. The van der Waals surface area contributed by atoms with Crippen LogP contribution in [0.15, 0.2) is 18.2 Å². The molecule has 5 nitrogen and oxygen atoms in total. The summed E-state index contributed by atoms with van der Waals surface area (Å²) >= 11 is 0. The molecule has 0 saturated carbocycles. The van der Waals surface area contributed by atoms with Gasteiger partial charge in [0.05, 0.1) is 19.8 Å². The highest BCUT2D eigenvalue weighted by Crippen LogP contribution is 2.33. The van der Waals surface area contributed by atoms with Crippen LogP contribution >= 0.6 is 0 Å². The Morgan fingerprint density at radius 3 is 2.71 bits per heavy atom. The first-order valence-electron chi connectivity index (χ1n) is 5.54. The fraction of sp³-hybridized carbons (Fsp3) is 0.500. The van der Waals surface area contributed by atoms with E-state index < -0.39 is 6.29 Å². The van der Waals surface area contributed by atoms with Gasteiger partial charge in [-0.1, -0.05) is 0 Å². The van der Waals surface area contributed by atoms with E-state index in [9.17, 15) is 5.11 Å². The van der Waals surface area contributed by atoms with Crippen LogP contribution in [0.3, 0.4) is 0 Å². The van der Waals surface area contributed by atoms with Gasteiger partial charge in [0.1, 0.15) is 17.6 Å². The number of phenolic OH excluding ortho intramolecular Hbond substituents is 1. The molecule has 0 amide bonds. The Hall–Kier alpha value is -1.30. The van der Waals surface area contributed by atoms with Crippen LogP contribution in [0.2, 0.25) is 0 Å². The van der Waals surface area contributed by atoms with Gasteiger partial charge in [-0.3, -0.25) is 0 Å². The second kappa shape index (κ2) is 5.35. The number of aliphatic hydroxyl groups excluding tert-OH is 1. The normalized spacial score (nSPS) is 18.2. The van der Waals surface area contributed by atoms with Crippen LogP contribution in [0.1, 0.15) is 18.8 Å². The maximum atomic E-state index is 9.83. The largest absolute Gasteiger partial charge is 0.507 e. The number of benzene rings is 1. The Morgan fingerprint density at radius 1 is 1.41 bits per heavy atom. The molecule has 1 fully saturated rings. The molecule has 1 atom stereocenters. The van der Waals surface area contributed by atoms with Gasteiger partial charge >= 0.3 is 0 Å². The minimum Gasteiger partial charge on any atom is -0.507 e. The lowest BCUT2D eigenvalue weighted by atomic mass is 10.2. The molecular formula is C12H16O5. The van der Waals surface area contributed by atoms with E-state index in [1.54, 1.807) is 19.1 Å². The third-order valence-electron chi connectivity index (χ3n) is 2.47. The number of ether oxygens (including phenoxy) is 3. The van der Waals surface area contributed by atoms with Crippen molar-refractivity contribution in [2.75, 3.05) is 19.8 Å². The molecule has 5 heteroatoms. The molecule has 0 bridgehead atoms. The molecule has 1 heterocycles. The van der Waals surface area contributed by atoms with E-state index in [-0.39, 0.29) is 18.5 Å². The van der Waals surface area contributed by atoms with E-state index >= 15 is 0 Å². The number of rotatable bonds is 4. The van der Waals surface area contributed by atoms with Crippen molar-refractivity contribution in [1.29, 1.82) is 0 Å². The van der Waals surface area contributed by atoms with E-state index in [0.717, 1.165) is 0 Å². The van der Waals surface area contributed by atoms with Crippen molar-refractivity contribution in [1.82, 2.24) is 0 Å². The molecule has 0 aromatic heterocycles. The first-order chi connectivity index (χ1) is 8.20. The zero-order valence-corrected chi connectivity index (χ0v) is 9.63. The molecule has 2 rings (SSSR count). The van der Waals surface area contributed by atoms with Crippen LogP contribution in [0, 0.1) is 0 Å². The fourth-order valence-corrected chi connectivity index (χ4v) is 1.60. The summed E-state index contributed by atoms with van der Waals surface area (Å²) in [5.41, 5.74) is 0.589. The monoisotopic (exact) mass is 240 g/mol. The predicted molar refractivity (Wildman–Crippen MR) is 59.9 cm³/mol. The smallest absolute Gasteiger partial charge is 0.187 e. The molecule has 0 spiro atoms. The summed E-state index contributed by atoms with van der Waals surface area (Å²) in [5, 5.41) is 18.7. The van der Waals surface area contributed by atoms with E-state index in [4.69, 9.17) is 19.3 Å². The van der Waals surface area contributed by atoms with Crippen molar-refractivity contribution < 1.29 is 24.4 Å². The Bertz CT molecular complexity index is 373. The topological polar surface area (TPSA) is 68.2 Å². The molecular weight excluding hydrogens is 224 g/mol. The average molecular weight is 240 g/mol. The molecule has 1 aromatic carbocycles. The minimum atomic E-state index is -0.501. The SMILES string of the molecule is CC(CO)Oc1ccc(C2OCCO2)c(O)c1. The summed E-state index contributed by atoms with van der Waals surface area (Å²) in [6, 6.07) is 4.91. The van der Waals surface area contributed by atoms with E-state index in [2.05, 4.69) is 0 Å². The first-order valence-corrected chi connectivity index (χ1v) is 5.54. The lowest BCUT2D eigenvalue weighted by Gasteiger charge is -2.15. The van der Waals surface area contributed by atoms with Crippen LogP contribution < -0.4 is 4.74 Å². The maximum Gasteiger partial charge on any atom is 0.187 e. The quantitative estimate of drug-likeness (QED) is 0.827. The predicted octanol–water partition coefficient (Wildman–Crippen LogP) is 1.20. The molecule has 0 radical (unpaired) electrons. The van der Waals surface area contributed by atoms with Crippen molar-refractivity contribution in [3.05, 3.63) is 23.8 Å². The van der Waals surface area contributed by atoms with Crippen LogP contribution in [0.4, 0.5) is 0 Å². The first kappa shape index (κ1) is 12.2. The van der Waals surface area contributed by atoms with Gasteiger partial charge in [-0.15, -0.1) is 0 Å². The lowest BCUT2D eigenvalue weighted by molar-refractivity contribution is -0.0455. The highest BCUT2D eigenvalue weighted by molar-refractivity contribution is 5.40. The van der Waals surface area contributed by atoms with Gasteiger partial charge in [0, 0.05) is 11.6 Å². The number of hydrogen-bond donors (Lipinski definition) is 2. The maximum absolute atomic E-state index is 9.83. The summed E-state index contributed by atoms with van der Waals surface area (Å²) in [6.45, 7) is 2.74. The molecule has 1 unspecified atom stereocenters. The van der Waals surface area contributed by atoms with Gasteiger partial charge in [0.25, 0.3) is 0 Å². The average Bonchev–Trinajstić information content (AvgIpc) is 2.82. The van der Waals surface area contributed by atoms with Crippen molar-refractivity contribution >= 4 is 0 Å². The number of phenols is 1. The van der Waals surface area contributed by atoms with Gasteiger partial charge in [-0.25, -0.2) is 0 Å². The zero-order valence-electron chi connectivity index (χ0n) is 9.63. The zero-order chi connectivity index (χ0) is 12.3. The third kappa shape index (κ3) is 2.88. The van der Waals surface area contributed by atoms with E-state index in [1.807, 2.05) is 0 Å². The summed E-state index contributed by atoms with van der Waals surface area (Å²) in [6.07, 6.45) is -0.807. The second-order valence-corrected chi connectivity index (χ2v) is 3.91. The Labute approximate surface area is 99.5 Å². The summed E-state index contributed by atoms with van der Waals surface area (Å²) in [5.74, 6) is 0.574. The van der Waals surface area contributed by atoms with Gasteiger partial charge in [0.15, 0.2) is 6.29 Å². The van der Waals surface area contributed by atoms with Gasteiger partial charge in [0.2, 0.25) is 0 Å². The molecule has 1 aliphatic rings. The summed E-state index contributed by atoms with van der Waals surface area (Å²) in [7, 11) is 0. The number of hydrogen-bond acceptors (Lipinski definition) is 5. The van der Waals surface area contributed by atoms with Gasteiger partial charge < -0.3 is 24.4 Å². The molecule has 1 aromatic rings. The van der Waals surface area contributed by atoms with Crippen molar-refractivity contribution in [3.63, 3.8) is 0 Å².